The highest BCUT2D eigenvalue weighted by atomic mass is 32.2. The van der Waals surface area contributed by atoms with Crippen LogP contribution in [0.25, 0.3) is 5.57 Å². The summed E-state index contributed by atoms with van der Waals surface area (Å²) in [7, 11) is 1.90. The molecule has 0 bridgehead atoms. The summed E-state index contributed by atoms with van der Waals surface area (Å²) in [6.45, 7) is 7.04. The predicted octanol–water partition coefficient (Wildman–Crippen LogP) is 2.84. The zero-order valence-electron chi connectivity index (χ0n) is 20.6. The van der Waals surface area contributed by atoms with Gasteiger partial charge in [0.15, 0.2) is 0 Å². The van der Waals surface area contributed by atoms with Crippen molar-refractivity contribution in [2.45, 2.75) is 25.7 Å². The normalized spacial score (nSPS) is 22.0. The predicted molar refractivity (Wildman–Crippen MR) is 143 cm³/mol. The van der Waals surface area contributed by atoms with Crippen molar-refractivity contribution in [3.8, 4) is 0 Å². The number of ether oxygens (including phenoxy) is 1. The van der Waals surface area contributed by atoms with Gasteiger partial charge >= 0.3 is 0 Å². The van der Waals surface area contributed by atoms with Gasteiger partial charge in [0, 0.05) is 56.8 Å². The van der Waals surface area contributed by atoms with Crippen LogP contribution in [0.4, 0.5) is 5.69 Å². The van der Waals surface area contributed by atoms with Crippen molar-refractivity contribution in [2.75, 3.05) is 57.5 Å². The van der Waals surface area contributed by atoms with Gasteiger partial charge in [0.1, 0.15) is 12.3 Å². The van der Waals surface area contributed by atoms with E-state index < -0.39 is 12.3 Å². The summed E-state index contributed by atoms with van der Waals surface area (Å²) in [5, 5.41) is 17.7. The molecule has 2 aromatic rings. The fraction of sp³-hybridized carbons (Fsp3) is 0.444. The molecular weight excluding hydrogens is 460 g/mol. The van der Waals surface area contributed by atoms with Gasteiger partial charge in [-0.25, -0.2) is 0 Å². The topological polar surface area (TPSA) is 77.1 Å². The van der Waals surface area contributed by atoms with Gasteiger partial charge in [-0.2, -0.15) is 0 Å². The minimum atomic E-state index is -0.734. The molecule has 0 radical (unpaired) electrons. The average Bonchev–Trinajstić information content (AvgIpc) is 3.03. The third-order valence-corrected chi connectivity index (χ3v) is 7.76. The highest BCUT2D eigenvalue weighted by Gasteiger charge is 2.38. The number of nitrogens with zero attached hydrogens (tertiary/aromatic N) is 2. The molecule has 0 aliphatic carbocycles. The summed E-state index contributed by atoms with van der Waals surface area (Å²) in [6.07, 6.45) is -0.734. The summed E-state index contributed by atoms with van der Waals surface area (Å²) in [4.78, 5) is 19.3. The maximum atomic E-state index is 13.9. The van der Waals surface area contributed by atoms with Crippen LogP contribution in [0.15, 0.2) is 59.5 Å². The van der Waals surface area contributed by atoms with Crippen molar-refractivity contribution < 1.29 is 14.6 Å². The number of allylic oxidation sites excluding steroid dienone is 1. The van der Waals surface area contributed by atoms with Crippen LogP contribution in [0.2, 0.25) is 0 Å². The Balaban J connectivity index is 1.67. The van der Waals surface area contributed by atoms with Crippen molar-refractivity contribution in [3.63, 3.8) is 0 Å². The van der Waals surface area contributed by atoms with E-state index in [1.54, 1.807) is 11.8 Å². The van der Waals surface area contributed by atoms with E-state index in [2.05, 4.69) is 28.5 Å². The van der Waals surface area contributed by atoms with E-state index in [1.165, 1.54) is 0 Å². The van der Waals surface area contributed by atoms with Crippen LogP contribution >= 0.6 is 11.8 Å². The first-order valence-corrected chi connectivity index (χ1v) is 13.2. The Kier molecular flexibility index (Phi) is 9.23. The number of carbonyl (C=O) groups is 1. The Hall–Kier alpha value is -2.36. The number of carbonyl (C=O) groups excluding carboxylic acids is 1. The van der Waals surface area contributed by atoms with Gasteiger partial charge in [0.25, 0.3) is 0 Å². The van der Waals surface area contributed by atoms with Crippen LogP contribution in [0.5, 0.6) is 0 Å². The van der Waals surface area contributed by atoms with Crippen molar-refractivity contribution in [3.05, 3.63) is 70.6 Å². The number of para-hydroxylation sites is 1. The largest absolute Gasteiger partial charge is 0.388 e. The first-order chi connectivity index (χ1) is 17.1. The van der Waals surface area contributed by atoms with Crippen molar-refractivity contribution in [2.24, 2.45) is 0 Å². The van der Waals surface area contributed by atoms with Gasteiger partial charge in [0.05, 0.1) is 13.2 Å². The van der Waals surface area contributed by atoms with Crippen LogP contribution in [0.1, 0.15) is 18.1 Å². The van der Waals surface area contributed by atoms with Gasteiger partial charge in [0.2, 0.25) is 5.91 Å². The number of hydrogen-bond acceptors (Lipinski definition) is 7. The Bertz CT molecular complexity index is 1010. The molecule has 2 unspecified atom stereocenters. The molecule has 7 nitrogen and oxygen atoms in total. The Labute approximate surface area is 212 Å². The summed E-state index contributed by atoms with van der Waals surface area (Å²) in [5.74, 6) is 0.417. The molecule has 1 fully saturated rings. The van der Waals surface area contributed by atoms with Crippen LogP contribution in [-0.2, 0) is 16.1 Å². The number of aliphatic hydroxyl groups excluding tert-OH is 1. The molecule has 8 heteroatoms. The van der Waals surface area contributed by atoms with Gasteiger partial charge in [-0.1, -0.05) is 48.5 Å². The van der Waals surface area contributed by atoms with Crippen LogP contribution in [0, 0.1) is 0 Å². The van der Waals surface area contributed by atoms with Crippen molar-refractivity contribution in [1.29, 1.82) is 0 Å². The highest BCUT2D eigenvalue weighted by Crippen LogP contribution is 2.39. The molecule has 35 heavy (non-hydrogen) atoms. The molecular formula is C27H36N4O3S. The average molecular weight is 497 g/mol. The minimum absolute atomic E-state index is 0.0994. The molecule has 188 valence electrons. The molecule has 1 amide bonds. The second kappa shape index (κ2) is 12.6. The number of rotatable bonds is 8. The van der Waals surface area contributed by atoms with E-state index in [-0.39, 0.29) is 5.91 Å². The van der Waals surface area contributed by atoms with Crippen molar-refractivity contribution >= 4 is 28.9 Å². The lowest BCUT2D eigenvalue weighted by molar-refractivity contribution is -0.128. The molecule has 0 saturated carbocycles. The van der Waals surface area contributed by atoms with E-state index in [1.807, 2.05) is 60.5 Å². The van der Waals surface area contributed by atoms with Gasteiger partial charge in [-0.15, -0.1) is 11.8 Å². The third-order valence-electron chi connectivity index (χ3n) is 6.64. The molecule has 0 aromatic heterocycles. The lowest BCUT2D eigenvalue weighted by Crippen LogP contribution is -2.54. The number of thioether (sulfide) groups is 1. The molecule has 0 spiro atoms. The van der Waals surface area contributed by atoms with E-state index in [9.17, 15) is 9.90 Å². The second-order valence-corrected chi connectivity index (χ2v) is 10.1. The maximum Gasteiger partial charge on any atom is 0.242 e. The Morgan fingerprint density at radius 3 is 2.54 bits per heavy atom. The van der Waals surface area contributed by atoms with Crippen molar-refractivity contribution in [1.82, 2.24) is 15.1 Å². The monoisotopic (exact) mass is 496 g/mol. The first kappa shape index (κ1) is 25.7. The Morgan fingerprint density at radius 1 is 1.09 bits per heavy atom. The minimum Gasteiger partial charge on any atom is -0.388 e. The Morgan fingerprint density at radius 2 is 1.80 bits per heavy atom. The van der Waals surface area contributed by atoms with Crippen LogP contribution in [-0.4, -0.2) is 85.3 Å². The number of benzene rings is 2. The molecule has 2 heterocycles. The van der Waals surface area contributed by atoms with Gasteiger partial charge in [-0.3, -0.25) is 14.6 Å². The van der Waals surface area contributed by atoms with E-state index in [0.717, 1.165) is 60.1 Å². The van der Waals surface area contributed by atoms with E-state index in [0.29, 0.717) is 18.8 Å². The van der Waals surface area contributed by atoms with Gasteiger partial charge in [-0.05, 0) is 29.0 Å². The number of nitrogens with one attached hydrogen (secondary N) is 2. The SMILES string of the molecule is CNc1ccccc1C1=C(C)SCC(O)N(CCN2CCOCC2)C1C(=O)NCc1ccccc1. The third kappa shape index (κ3) is 6.45. The molecule has 2 atom stereocenters. The number of anilines is 1. The molecule has 2 aliphatic rings. The standard InChI is InChI=1S/C27H36N4O3S/c1-20-25(22-10-6-7-11-23(22)28-2)26(27(33)29-18-21-8-4-3-5-9-21)31(24(32)19-35-20)13-12-30-14-16-34-17-15-30/h3-11,24,26,28,32H,12-19H2,1-2H3,(H,29,33). The van der Waals surface area contributed by atoms with E-state index >= 15 is 0 Å². The molecule has 4 rings (SSSR count). The van der Waals surface area contributed by atoms with Gasteiger partial charge < -0.3 is 20.5 Å². The summed E-state index contributed by atoms with van der Waals surface area (Å²) in [5.41, 5.74) is 3.95. The smallest absolute Gasteiger partial charge is 0.242 e. The number of hydrogen-bond donors (Lipinski definition) is 3. The number of morpholine rings is 1. The number of aliphatic hydroxyl groups is 1. The summed E-state index contributed by atoms with van der Waals surface area (Å²) in [6, 6.07) is 17.4. The molecule has 3 N–H and O–H groups in total. The zero-order chi connectivity index (χ0) is 24.6. The van der Waals surface area contributed by atoms with Crippen LogP contribution in [0.3, 0.4) is 0 Å². The fourth-order valence-electron chi connectivity index (χ4n) is 4.70. The molecule has 2 aromatic carbocycles. The first-order valence-electron chi connectivity index (χ1n) is 12.2. The lowest BCUT2D eigenvalue weighted by atomic mass is 9.94. The summed E-state index contributed by atoms with van der Waals surface area (Å²) >= 11 is 1.62. The molecule has 2 aliphatic heterocycles. The molecule has 1 saturated heterocycles. The summed E-state index contributed by atoms with van der Waals surface area (Å²) < 4.78 is 5.49. The zero-order valence-corrected chi connectivity index (χ0v) is 21.4. The lowest BCUT2D eigenvalue weighted by Gasteiger charge is -2.37. The number of amides is 1. The fourth-order valence-corrected chi connectivity index (χ4v) is 5.67. The quantitative estimate of drug-likeness (QED) is 0.519. The van der Waals surface area contributed by atoms with Crippen LogP contribution < -0.4 is 10.6 Å². The van der Waals surface area contributed by atoms with E-state index in [4.69, 9.17) is 4.74 Å². The highest BCUT2D eigenvalue weighted by molar-refractivity contribution is 8.03. The second-order valence-electron chi connectivity index (χ2n) is 8.85. The maximum absolute atomic E-state index is 13.9.